The number of nitrogens with zero attached hydrogens (tertiary/aromatic N) is 1. The lowest BCUT2D eigenvalue weighted by atomic mass is 10.1. The zero-order valence-electron chi connectivity index (χ0n) is 13.6. The summed E-state index contributed by atoms with van der Waals surface area (Å²) in [5, 5.41) is 11.2. The van der Waals surface area contributed by atoms with Crippen molar-refractivity contribution in [2.75, 3.05) is 7.11 Å². The minimum atomic E-state index is -0.621. The van der Waals surface area contributed by atoms with Crippen LogP contribution in [0.4, 0.5) is 5.69 Å². The molecule has 8 nitrogen and oxygen atoms in total. The molecule has 3 rings (SSSR count). The van der Waals surface area contributed by atoms with E-state index in [1.54, 1.807) is 18.2 Å². The molecule has 3 aromatic rings. The zero-order valence-corrected chi connectivity index (χ0v) is 13.6. The van der Waals surface area contributed by atoms with Gasteiger partial charge in [0.1, 0.15) is 17.1 Å². The second kappa shape index (κ2) is 7.06. The monoisotopic (exact) mass is 355 g/mol. The Morgan fingerprint density at radius 1 is 1.15 bits per heavy atom. The third-order valence-electron chi connectivity index (χ3n) is 3.62. The molecule has 0 aliphatic rings. The van der Waals surface area contributed by atoms with Gasteiger partial charge in [-0.05, 0) is 29.8 Å². The Kier molecular flexibility index (Phi) is 4.66. The maximum Gasteiger partial charge on any atom is 0.339 e. The lowest BCUT2D eigenvalue weighted by Crippen LogP contribution is -2.05. The molecule has 8 heteroatoms. The first-order valence-corrected chi connectivity index (χ1v) is 7.52. The summed E-state index contributed by atoms with van der Waals surface area (Å²) in [7, 11) is 1.29. The van der Waals surface area contributed by atoms with Crippen LogP contribution in [0.5, 0.6) is 11.5 Å². The third-order valence-corrected chi connectivity index (χ3v) is 3.62. The Hall–Kier alpha value is -3.68. The highest BCUT2D eigenvalue weighted by molar-refractivity contribution is 5.85. The summed E-state index contributed by atoms with van der Waals surface area (Å²) >= 11 is 0. The summed E-state index contributed by atoms with van der Waals surface area (Å²) in [5.74, 6) is 0.167. The fourth-order valence-electron chi connectivity index (χ4n) is 2.37. The molecule has 0 amide bonds. The maximum atomic E-state index is 11.8. The quantitative estimate of drug-likeness (QED) is 0.299. The van der Waals surface area contributed by atoms with Crippen molar-refractivity contribution in [3.05, 3.63) is 74.6 Å². The van der Waals surface area contributed by atoms with Crippen LogP contribution in [0.3, 0.4) is 0 Å². The molecule has 0 fully saturated rings. The highest BCUT2D eigenvalue weighted by Crippen LogP contribution is 2.30. The molecule has 0 radical (unpaired) electrons. The SMILES string of the molecule is COC(=O)Cc1ccc2c(Oc3ccc([N+](=O)[O-])cc3)cc(=O)oc2c1. The number of carbonyl (C=O) groups excluding carboxylic acids is 1. The van der Waals surface area contributed by atoms with Gasteiger partial charge in [-0.25, -0.2) is 4.79 Å². The van der Waals surface area contributed by atoms with E-state index in [-0.39, 0.29) is 23.4 Å². The summed E-state index contributed by atoms with van der Waals surface area (Å²) < 4.78 is 15.5. The number of esters is 1. The number of carbonyl (C=O) groups is 1. The van der Waals surface area contributed by atoms with Crippen LogP contribution in [0.15, 0.2) is 57.7 Å². The number of fused-ring (bicyclic) bond motifs is 1. The molecule has 0 atom stereocenters. The molecular weight excluding hydrogens is 342 g/mol. The van der Waals surface area contributed by atoms with E-state index in [1.165, 1.54) is 37.4 Å². The van der Waals surface area contributed by atoms with Crippen LogP contribution in [-0.2, 0) is 16.0 Å². The molecule has 0 N–H and O–H groups in total. The van der Waals surface area contributed by atoms with E-state index in [4.69, 9.17) is 9.15 Å². The van der Waals surface area contributed by atoms with E-state index in [0.29, 0.717) is 16.7 Å². The van der Waals surface area contributed by atoms with Crippen LogP contribution in [0.1, 0.15) is 5.56 Å². The van der Waals surface area contributed by atoms with E-state index in [9.17, 15) is 19.7 Å². The predicted octanol–water partition coefficient (Wildman–Crippen LogP) is 3.21. The normalized spacial score (nSPS) is 10.5. The molecule has 0 saturated heterocycles. The first kappa shape index (κ1) is 17.2. The zero-order chi connectivity index (χ0) is 18.7. The van der Waals surface area contributed by atoms with Gasteiger partial charge in [-0.2, -0.15) is 0 Å². The van der Waals surface area contributed by atoms with Crippen LogP contribution in [-0.4, -0.2) is 18.0 Å². The van der Waals surface area contributed by atoms with Crippen LogP contribution in [0.25, 0.3) is 11.0 Å². The largest absolute Gasteiger partial charge is 0.469 e. The van der Waals surface area contributed by atoms with Gasteiger partial charge in [0.15, 0.2) is 0 Å². The van der Waals surface area contributed by atoms with Gasteiger partial charge in [0.05, 0.1) is 29.9 Å². The van der Waals surface area contributed by atoms with E-state index >= 15 is 0 Å². The molecule has 0 unspecified atom stereocenters. The second-order valence-electron chi connectivity index (χ2n) is 5.37. The summed E-state index contributed by atoms with van der Waals surface area (Å²) in [6.45, 7) is 0. The maximum absolute atomic E-state index is 11.8. The van der Waals surface area contributed by atoms with Gasteiger partial charge in [0.2, 0.25) is 0 Å². The number of benzene rings is 2. The van der Waals surface area contributed by atoms with Crippen molar-refractivity contribution >= 4 is 22.6 Å². The Labute approximate surface area is 146 Å². The number of hydrogen-bond acceptors (Lipinski definition) is 7. The molecule has 0 bridgehead atoms. The lowest BCUT2D eigenvalue weighted by molar-refractivity contribution is -0.384. The minimum Gasteiger partial charge on any atom is -0.469 e. The van der Waals surface area contributed by atoms with Gasteiger partial charge in [-0.1, -0.05) is 6.07 Å². The number of rotatable bonds is 5. The average molecular weight is 355 g/mol. The van der Waals surface area contributed by atoms with Gasteiger partial charge in [0, 0.05) is 12.1 Å². The van der Waals surface area contributed by atoms with Crippen molar-refractivity contribution < 1.29 is 23.6 Å². The van der Waals surface area contributed by atoms with Crippen molar-refractivity contribution in [2.45, 2.75) is 6.42 Å². The first-order valence-electron chi connectivity index (χ1n) is 7.52. The summed E-state index contributed by atoms with van der Waals surface area (Å²) in [4.78, 5) is 33.4. The second-order valence-corrected chi connectivity index (χ2v) is 5.37. The van der Waals surface area contributed by atoms with Gasteiger partial charge >= 0.3 is 11.6 Å². The Morgan fingerprint density at radius 2 is 1.88 bits per heavy atom. The molecule has 0 aliphatic carbocycles. The Bertz CT molecular complexity index is 1040. The van der Waals surface area contributed by atoms with Crippen LogP contribution >= 0.6 is 0 Å². The molecule has 0 aliphatic heterocycles. The highest BCUT2D eigenvalue weighted by atomic mass is 16.6. The lowest BCUT2D eigenvalue weighted by Gasteiger charge is -2.09. The molecule has 1 heterocycles. The number of hydrogen-bond donors (Lipinski definition) is 0. The summed E-state index contributed by atoms with van der Waals surface area (Å²) in [6, 6.07) is 11.6. The average Bonchev–Trinajstić information content (AvgIpc) is 2.61. The molecule has 26 heavy (non-hydrogen) atoms. The fourth-order valence-corrected chi connectivity index (χ4v) is 2.37. The standard InChI is InChI=1S/C18H13NO7/c1-24-17(20)9-11-2-7-14-15(8-11)26-18(21)10-16(14)25-13-5-3-12(4-6-13)19(22)23/h2-8,10H,9H2,1H3. The van der Waals surface area contributed by atoms with E-state index in [2.05, 4.69) is 4.74 Å². The van der Waals surface area contributed by atoms with Gasteiger partial charge in [-0.3, -0.25) is 14.9 Å². The van der Waals surface area contributed by atoms with Crippen LogP contribution < -0.4 is 10.4 Å². The van der Waals surface area contributed by atoms with Gasteiger partial charge in [-0.15, -0.1) is 0 Å². The fraction of sp³-hybridized carbons (Fsp3) is 0.111. The van der Waals surface area contributed by atoms with Crippen molar-refractivity contribution in [3.63, 3.8) is 0 Å². The molecular formula is C18H13NO7. The molecule has 0 spiro atoms. The molecule has 132 valence electrons. The topological polar surface area (TPSA) is 109 Å². The van der Waals surface area contributed by atoms with Crippen molar-refractivity contribution in [2.24, 2.45) is 0 Å². The number of nitro benzene ring substituents is 1. The Morgan fingerprint density at radius 3 is 2.54 bits per heavy atom. The van der Waals surface area contributed by atoms with Crippen molar-refractivity contribution in [1.29, 1.82) is 0 Å². The van der Waals surface area contributed by atoms with Crippen molar-refractivity contribution in [3.8, 4) is 11.5 Å². The van der Waals surface area contributed by atoms with Crippen LogP contribution in [0, 0.1) is 10.1 Å². The number of non-ortho nitro benzene ring substituents is 1. The third kappa shape index (κ3) is 3.69. The van der Waals surface area contributed by atoms with Crippen LogP contribution in [0.2, 0.25) is 0 Å². The summed E-state index contributed by atoms with van der Waals surface area (Å²) in [5.41, 5.74) is 0.197. The smallest absolute Gasteiger partial charge is 0.339 e. The predicted molar refractivity (Wildman–Crippen MR) is 91.4 cm³/mol. The molecule has 1 aromatic heterocycles. The van der Waals surface area contributed by atoms with Gasteiger partial charge < -0.3 is 13.9 Å². The Balaban J connectivity index is 1.96. The van der Waals surface area contributed by atoms with Crippen molar-refractivity contribution in [1.82, 2.24) is 0 Å². The number of ether oxygens (including phenoxy) is 2. The van der Waals surface area contributed by atoms with Gasteiger partial charge in [0.25, 0.3) is 5.69 Å². The number of methoxy groups -OCH3 is 1. The van der Waals surface area contributed by atoms with E-state index in [1.807, 2.05) is 0 Å². The first-order chi connectivity index (χ1) is 12.5. The van der Waals surface area contributed by atoms with E-state index in [0.717, 1.165) is 0 Å². The van der Waals surface area contributed by atoms with E-state index < -0.39 is 16.5 Å². The molecule has 0 saturated carbocycles. The summed E-state index contributed by atoms with van der Waals surface area (Å²) in [6.07, 6.45) is 0.0452. The minimum absolute atomic E-state index is 0.0452. The number of nitro groups is 1. The highest BCUT2D eigenvalue weighted by Gasteiger charge is 2.12. The molecule has 2 aromatic carbocycles.